The first kappa shape index (κ1) is 3.28. The van der Waals surface area contributed by atoms with Crippen LogP contribution in [0.4, 0.5) is 0 Å². The van der Waals surface area contributed by atoms with Crippen LogP contribution in [0.2, 0.25) is 0 Å². The summed E-state index contributed by atoms with van der Waals surface area (Å²) in [4.78, 5) is 0. The zero-order valence-corrected chi connectivity index (χ0v) is 6.26. The highest BCUT2D eigenvalue weighted by atomic mass is 16.2. The Labute approximate surface area is 76.1 Å². The normalized spacial score (nSPS) is 22.0. The Bertz CT molecular complexity index is 410. The molecule has 1 nitrogen and oxygen atoms in total. The minimum atomic E-state index is -3.26. The van der Waals surface area contributed by atoms with Gasteiger partial charge in [-0.15, -0.1) is 0 Å². The molecular formula is C10H14O. The Hall–Kier alpha value is -0.820. The number of aliphatic hydroxyl groups is 1. The standard InChI is InChI=1S/C10H14O/c1-9-4-2-5-10(8-9)6-3-7-11/h2,4-5,8,11H,3,6-7H2,1H3/i3D2,6D2,7D2. The minimum absolute atomic E-state index is 0.000394. The Kier molecular flexibility index (Phi) is 1.23. The van der Waals surface area contributed by atoms with E-state index < -0.39 is 19.3 Å². The predicted octanol–water partition coefficient (Wildman–Crippen LogP) is 1.92. The fraction of sp³-hybridized carbons (Fsp3) is 0.400. The van der Waals surface area contributed by atoms with E-state index in [1.54, 1.807) is 19.1 Å². The van der Waals surface area contributed by atoms with Crippen molar-refractivity contribution in [2.75, 3.05) is 6.56 Å². The quantitative estimate of drug-likeness (QED) is 0.709. The highest BCUT2D eigenvalue weighted by Crippen LogP contribution is 2.05. The molecule has 0 aromatic heterocycles. The Morgan fingerprint density at radius 3 is 3.00 bits per heavy atom. The van der Waals surface area contributed by atoms with Crippen LogP contribution in [0.5, 0.6) is 0 Å². The van der Waals surface area contributed by atoms with E-state index in [1.165, 1.54) is 12.1 Å². The molecule has 0 fully saturated rings. The third-order valence-electron chi connectivity index (χ3n) is 1.28. The van der Waals surface area contributed by atoms with Crippen LogP contribution in [-0.4, -0.2) is 11.7 Å². The van der Waals surface area contributed by atoms with Crippen LogP contribution in [0.3, 0.4) is 0 Å². The van der Waals surface area contributed by atoms with Crippen molar-refractivity contribution in [3.05, 3.63) is 35.4 Å². The molecule has 0 amide bonds. The molecule has 1 rings (SSSR count). The molecule has 60 valence electrons. The smallest absolute Gasteiger partial charge is 0.0564 e. The summed E-state index contributed by atoms with van der Waals surface area (Å²) in [6, 6.07) is 6.09. The minimum Gasteiger partial charge on any atom is -0.396 e. The summed E-state index contributed by atoms with van der Waals surface area (Å²) in [6.45, 7) is -1.54. The van der Waals surface area contributed by atoms with E-state index >= 15 is 0 Å². The first-order valence-electron chi connectivity index (χ1n) is 6.29. The summed E-state index contributed by atoms with van der Waals surface area (Å²) in [5, 5.41) is 9.13. The molecule has 0 heterocycles. The number of aryl methyl sites for hydroxylation is 2. The largest absolute Gasteiger partial charge is 0.396 e. The van der Waals surface area contributed by atoms with Crippen LogP contribution >= 0.6 is 0 Å². The van der Waals surface area contributed by atoms with E-state index in [2.05, 4.69) is 0 Å². The van der Waals surface area contributed by atoms with Gasteiger partial charge in [0, 0.05) is 12.0 Å². The topological polar surface area (TPSA) is 20.2 Å². The van der Waals surface area contributed by atoms with Gasteiger partial charge in [-0.3, -0.25) is 0 Å². The molecular weight excluding hydrogens is 136 g/mol. The second kappa shape index (κ2) is 4.14. The molecule has 1 aromatic carbocycles. The maximum Gasteiger partial charge on any atom is 0.0564 e. The molecule has 0 aliphatic rings. The molecule has 1 N–H and O–H groups in total. The number of hydrogen-bond donors (Lipinski definition) is 1. The Balaban J connectivity index is 3.28. The van der Waals surface area contributed by atoms with Crippen LogP contribution in [0.1, 0.15) is 25.7 Å². The van der Waals surface area contributed by atoms with Crippen molar-refractivity contribution < 1.29 is 13.3 Å². The van der Waals surface area contributed by atoms with Gasteiger partial charge < -0.3 is 5.11 Å². The van der Waals surface area contributed by atoms with Gasteiger partial charge in [0.25, 0.3) is 0 Å². The number of rotatable bonds is 3. The average Bonchev–Trinajstić information content (AvgIpc) is 2.15. The molecule has 0 aliphatic heterocycles. The van der Waals surface area contributed by atoms with E-state index in [9.17, 15) is 0 Å². The lowest BCUT2D eigenvalue weighted by Gasteiger charge is -1.99. The third kappa shape index (κ3) is 2.72. The molecule has 1 heteroatoms. The Morgan fingerprint density at radius 2 is 2.36 bits per heavy atom. The van der Waals surface area contributed by atoms with E-state index in [0.29, 0.717) is 0 Å². The van der Waals surface area contributed by atoms with Crippen LogP contribution in [0.15, 0.2) is 24.3 Å². The van der Waals surface area contributed by atoms with Crippen molar-refractivity contribution in [3.8, 4) is 0 Å². The molecule has 11 heavy (non-hydrogen) atoms. The van der Waals surface area contributed by atoms with E-state index in [0.717, 1.165) is 5.56 Å². The second-order valence-electron chi connectivity index (χ2n) is 2.23. The highest BCUT2D eigenvalue weighted by Gasteiger charge is 1.91. The lowest BCUT2D eigenvalue weighted by Crippen LogP contribution is -1.89. The molecule has 0 bridgehead atoms. The zero-order chi connectivity index (χ0) is 13.5. The first-order valence-corrected chi connectivity index (χ1v) is 3.29. The zero-order valence-electron chi connectivity index (χ0n) is 12.3. The number of hydrogen-bond acceptors (Lipinski definition) is 1. The fourth-order valence-corrected chi connectivity index (χ4v) is 0.823. The van der Waals surface area contributed by atoms with Gasteiger partial charge in [0.1, 0.15) is 0 Å². The molecule has 0 radical (unpaired) electrons. The van der Waals surface area contributed by atoms with Crippen molar-refractivity contribution >= 4 is 0 Å². The first-order chi connectivity index (χ1) is 7.50. The maximum absolute atomic E-state index is 9.13. The van der Waals surface area contributed by atoms with Crippen LogP contribution < -0.4 is 0 Å². The molecule has 0 aliphatic carbocycles. The van der Waals surface area contributed by atoms with E-state index in [4.69, 9.17) is 13.3 Å². The van der Waals surface area contributed by atoms with Crippen LogP contribution in [0, 0.1) is 6.92 Å². The van der Waals surface area contributed by atoms with Crippen LogP contribution in [0.25, 0.3) is 0 Å². The number of benzene rings is 1. The Morgan fingerprint density at radius 1 is 1.55 bits per heavy atom. The fourth-order valence-electron chi connectivity index (χ4n) is 0.823. The van der Waals surface area contributed by atoms with Gasteiger partial charge in [0.05, 0.1) is 2.74 Å². The van der Waals surface area contributed by atoms with Crippen LogP contribution in [-0.2, 0) is 6.37 Å². The van der Waals surface area contributed by atoms with Crippen molar-refractivity contribution in [2.45, 2.75) is 19.7 Å². The second-order valence-corrected chi connectivity index (χ2v) is 2.23. The van der Waals surface area contributed by atoms with E-state index in [1.807, 2.05) is 0 Å². The summed E-state index contributed by atoms with van der Waals surface area (Å²) in [5.74, 6) is 0. The maximum atomic E-state index is 9.13. The molecule has 0 atom stereocenters. The summed E-state index contributed by atoms with van der Waals surface area (Å²) in [6.07, 6.45) is -5.68. The monoisotopic (exact) mass is 156 g/mol. The van der Waals surface area contributed by atoms with Gasteiger partial charge in [-0.2, -0.15) is 0 Å². The molecule has 1 aromatic rings. The van der Waals surface area contributed by atoms with Gasteiger partial charge in [-0.1, -0.05) is 29.8 Å². The molecule has 0 saturated heterocycles. The third-order valence-corrected chi connectivity index (χ3v) is 1.28. The summed E-state index contributed by atoms with van der Waals surface area (Å²) < 4.78 is 44.3. The summed E-state index contributed by atoms with van der Waals surface area (Å²) >= 11 is 0. The van der Waals surface area contributed by atoms with Gasteiger partial charge in [0.15, 0.2) is 0 Å². The van der Waals surface area contributed by atoms with Gasteiger partial charge in [-0.25, -0.2) is 0 Å². The molecule has 0 spiro atoms. The molecule has 0 saturated carbocycles. The van der Waals surface area contributed by atoms with Crippen molar-refractivity contribution in [1.29, 1.82) is 0 Å². The van der Waals surface area contributed by atoms with Gasteiger partial charge >= 0.3 is 0 Å². The lowest BCUT2D eigenvalue weighted by molar-refractivity contribution is 0.288. The predicted molar refractivity (Wildman–Crippen MR) is 46.6 cm³/mol. The highest BCUT2D eigenvalue weighted by molar-refractivity contribution is 5.22. The van der Waals surface area contributed by atoms with E-state index in [-0.39, 0.29) is 5.56 Å². The summed E-state index contributed by atoms with van der Waals surface area (Å²) in [5.41, 5.74) is 0.737. The van der Waals surface area contributed by atoms with Crippen molar-refractivity contribution in [1.82, 2.24) is 0 Å². The molecule has 0 unspecified atom stereocenters. The summed E-state index contributed by atoms with van der Waals surface area (Å²) in [7, 11) is 0. The van der Waals surface area contributed by atoms with Crippen molar-refractivity contribution in [2.24, 2.45) is 0 Å². The lowest BCUT2D eigenvalue weighted by atomic mass is 10.1. The average molecular weight is 156 g/mol. The SMILES string of the molecule is [2H]C([2H])(O)C([2H])([2H])C([2H])([2H])c1cccc(C)c1. The van der Waals surface area contributed by atoms with Gasteiger partial charge in [-0.05, 0) is 25.2 Å². The van der Waals surface area contributed by atoms with Crippen molar-refractivity contribution in [3.63, 3.8) is 0 Å². The van der Waals surface area contributed by atoms with Gasteiger partial charge in [0.2, 0.25) is 0 Å².